The molecule has 7 nitrogen and oxygen atoms in total. The van der Waals surface area contributed by atoms with Crippen LogP contribution in [0.2, 0.25) is 10.0 Å². The summed E-state index contributed by atoms with van der Waals surface area (Å²) in [5.41, 5.74) is 2.49. The standard InChI is InChI=1S/C14H11Cl2N3O4/c1-2-23-14(22)10-8-9(17-18-10)13(21)19(12(8)20)11-6(15)4-3-5-7(11)16/h3-5,8-9,17H,2H2,1H3. The van der Waals surface area contributed by atoms with E-state index < -0.39 is 29.7 Å². The SMILES string of the molecule is CCOC(=O)C1=NNC2C(=O)N(c3c(Cl)cccc3Cl)C(=O)C12. The van der Waals surface area contributed by atoms with E-state index in [9.17, 15) is 14.4 Å². The molecule has 1 saturated heterocycles. The first-order valence-electron chi connectivity index (χ1n) is 6.79. The number of imide groups is 1. The predicted octanol–water partition coefficient (Wildman–Crippen LogP) is 1.37. The molecule has 2 heterocycles. The summed E-state index contributed by atoms with van der Waals surface area (Å²) in [4.78, 5) is 38.0. The van der Waals surface area contributed by atoms with E-state index in [4.69, 9.17) is 27.9 Å². The summed E-state index contributed by atoms with van der Waals surface area (Å²) in [5, 5.41) is 4.09. The second-order valence-electron chi connectivity index (χ2n) is 4.88. The number of rotatable bonds is 3. The first kappa shape index (κ1) is 15.8. The zero-order chi connectivity index (χ0) is 16.7. The largest absolute Gasteiger partial charge is 0.461 e. The minimum atomic E-state index is -1.05. The lowest BCUT2D eigenvalue weighted by molar-refractivity contribution is -0.136. The molecule has 1 aromatic carbocycles. The molecule has 0 bridgehead atoms. The highest BCUT2D eigenvalue weighted by Gasteiger charge is 2.56. The summed E-state index contributed by atoms with van der Waals surface area (Å²) in [6.07, 6.45) is 0. The van der Waals surface area contributed by atoms with Crippen LogP contribution in [0.4, 0.5) is 5.69 Å². The maximum absolute atomic E-state index is 12.7. The lowest BCUT2D eigenvalue weighted by Crippen LogP contribution is -2.36. The van der Waals surface area contributed by atoms with E-state index in [1.807, 2.05) is 0 Å². The number of hydrogen-bond donors (Lipinski definition) is 1. The third-order valence-corrected chi connectivity index (χ3v) is 4.18. The number of esters is 1. The van der Waals surface area contributed by atoms with Crippen LogP contribution < -0.4 is 10.3 Å². The fourth-order valence-electron chi connectivity index (χ4n) is 2.59. The second-order valence-corrected chi connectivity index (χ2v) is 5.70. The Hall–Kier alpha value is -2.12. The summed E-state index contributed by atoms with van der Waals surface area (Å²) in [7, 11) is 0. The van der Waals surface area contributed by atoms with Gasteiger partial charge in [0.2, 0.25) is 5.91 Å². The van der Waals surface area contributed by atoms with Gasteiger partial charge in [0.15, 0.2) is 5.71 Å². The smallest absolute Gasteiger partial charge is 0.355 e. The summed E-state index contributed by atoms with van der Waals surface area (Å²) in [6.45, 7) is 1.77. The van der Waals surface area contributed by atoms with Gasteiger partial charge >= 0.3 is 5.97 Å². The molecular formula is C14H11Cl2N3O4. The molecule has 2 amide bonds. The van der Waals surface area contributed by atoms with Crippen molar-refractivity contribution in [2.24, 2.45) is 11.0 Å². The van der Waals surface area contributed by atoms with Crippen molar-refractivity contribution in [3.8, 4) is 0 Å². The molecule has 0 aliphatic carbocycles. The van der Waals surface area contributed by atoms with Gasteiger partial charge in [0, 0.05) is 0 Å². The van der Waals surface area contributed by atoms with Crippen molar-refractivity contribution in [2.75, 3.05) is 11.5 Å². The highest BCUT2D eigenvalue weighted by Crippen LogP contribution is 2.39. The summed E-state index contributed by atoms with van der Waals surface area (Å²) in [5.74, 6) is -2.97. The van der Waals surface area contributed by atoms with Gasteiger partial charge < -0.3 is 4.74 Å². The maximum Gasteiger partial charge on any atom is 0.355 e. The van der Waals surface area contributed by atoms with Gasteiger partial charge in [-0.25, -0.2) is 9.69 Å². The molecule has 1 fully saturated rings. The molecule has 9 heteroatoms. The van der Waals surface area contributed by atoms with Gasteiger partial charge in [-0.15, -0.1) is 0 Å². The number of halogens is 2. The normalized spacial score (nSPS) is 22.7. The van der Waals surface area contributed by atoms with Crippen molar-refractivity contribution < 1.29 is 19.1 Å². The van der Waals surface area contributed by atoms with E-state index in [0.29, 0.717) is 0 Å². The fourth-order valence-corrected chi connectivity index (χ4v) is 3.15. The Morgan fingerprint density at radius 1 is 1.30 bits per heavy atom. The molecule has 0 spiro atoms. The molecule has 2 aliphatic rings. The first-order chi connectivity index (χ1) is 11.0. The van der Waals surface area contributed by atoms with Gasteiger partial charge in [-0.05, 0) is 19.1 Å². The number of carbonyl (C=O) groups excluding carboxylic acids is 3. The third-order valence-electron chi connectivity index (χ3n) is 3.57. The van der Waals surface area contributed by atoms with Gasteiger partial charge in [-0.3, -0.25) is 15.0 Å². The van der Waals surface area contributed by atoms with E-state index in [1.54, 1.807) is 13.0 Å². The molecule has 1 N–H and O–H groups in total. The topological polar surface area (TPSA) is 88.1 Å². The number of hydrogen-bond acceptors (Lipinski definition) is 6. The van der Waals surface area contributed by atoms with Crippen LogP contribution in [0.15, 0.2) is 23.3 Å². The first-order valence-corrected chi connectivity index (χ1v) is 7.55. The van der Waals surface area contributed by atoms with Gasteiger partial charge in [-0.1, -0.05) is 29.3 Å². The number of amides is 2. The van der Waals surface area contributed by atoms with Gasteiger partial charge in [-0.2, -0.15) is 5.10 Å². The number of nitrogens with zero attached hydrogens (tertiary/aromatic N) is 2. The molecule has 0 aromatic heterocycles. The molecule has 0 radical (unpaired) electrons. The minimum Gasteiger partial charge on any atom is -0.461 e. The number of anilines is 1. The molecule has 2 atom stereocenters. The summed E-state index contributed by atoms with van der Waals surface area (Å²) in [6, 6.07) is 3.68. The molecule has 3 rings (SSSR count). The molecular weight excluding hydrogens is 345 g/mol. The summed E-state index contributed by atoms with van der Waals surface area (Å²) >= 11 is 12.1. The highest BCUT2D eigenvalue weighted by atomic mass is 35.5. The number of benzene rings is 1. The van der Waals surface area contributed by atoms with Gasteiger partial charge in [0.05, 0.1) is 22.3 Å². The maximum atomic E-state index is 12.7. The van der Waals surface area contributed by atoms with Crippen molar-refractivity contribution in [1.82, 2.24) is 5.43 Å². The Bertz CT molecular complexity index is 729. The average Bonchev–Trinajstić information content (AvgIpc) is 3.03. The monoisotopic (exact) mass is 355 g/mol. The van der Waals surface area contributed by atoms with Crippen LogP contribution in [0.3, 0.4) is 0 Å². The highest BCUT2D eigenvalue weighted by molar-refractivity contribution is 6.48. The third kappa shape index (κ3) is 2.36. The lowest BCUT2D eigenvalue weighted by atomic mass is 9.99. The minimum absolute atomic E-state index is 0.102. The quantitative estimate of drug-likeness (QED) is 0.653. The van der Waals surface area contributed by atoms with Crippen molar-refractivity contribution >= 4 is 52.4 Å². The van der Waals surface area contributed by atoms with Crippen molar-refractivity contribution in [2.45, 2.75) is 13.0 Å². The van der Waals surface area contributed by atoms with E-state index >= 15 is 0 Å². The number of ether oxygens (including phenoxy) is 1. The van der Waals surface area contributed by atoms with Crippen LogP contribution >= 0.6 is 23.2 Å². The van der Waals surface area contributed by atoms with E-state index in [2.05, 4.69) is 10.5 Å². The number of nitrogens with one attached hydrogen (secondary N) is 1. The van der Waals surface area contributed by atoms with Crippen LogP contribution in [0.5, 0.6) is 0 Å². The number of fused-ring (bicyclic) bond motifs is 1. The van der Waals surface area contributed by atoms with E-state index in [-0.39, 0.29) is 28.1 Å². The second kappa shape index (κ2) is 5.82. The van der Waals surface area contributed by atoms with Gasteiger partial charge in [0.25, 0.3) is 5.91 Å². The van der Waals surface area contributed by atoms with E-state index in [0.717, 1.165) is 4.90 Å². The molecule has 0 saturated carbocycles. The van der Waals surface area contributed by atoms with Crippen LogP contribution in [0.1, 0.15) is 6.92 Å². The van der Waals surface area contributed by atoms with Crippen molar-refractivity contribution in [1.29, 1.82) is 0 Å². The van der Waals surface area contributed by atoms with Crippen LogP contribution in [0.25, 0.3) is 0 Å². The molecule has 1 aromatic rings. The molecule has 2 unspecified atom stereocenters. The summed E-state index contributed by atoms with van der Waals surface area (Å²) < 4.78 is 4.86. The molecule has 120 valence electrons. The van der Waals surface area contributed by atoms with Gasteiger partial charge in [0.1, 0.15) is 12.0 Å². The number of hydrazone groups is 1. The number of para-hydroxylation sites is 1. The van der Waals surface area contributed by atoms with Crippen LogP contribution in [0, 0.1) is 5.92 Å². The van der Waals surface area contributed by atoms with Crippen LogP contribution in [-0.2, 0) is 19.1 Å². The Morgan fingerprint density at radius 2 is 1.96 bits per heavy atom. The molecule has 23 heavy (non-hydrogen) atoms. The van der Waals surface area contributed by atoms with E-state index in [1.165, 1.54) is 12.1 Å². The van der Waals surface area contributed by atoms with Crippen LogP contribution in [-0.4, -0.2) is 36.1 Å². The number of carbonyl (C=O) groups is 3. The molecule has 2 aliphatic heterocycles. The van der Waals surface area contributed by atoms with Crippen molar-refractivity contribution in [3.05, 3.63) is 28.2 Å². The predicted molar refractivity (Wildman–Crippen MR) is 83.4 cm³/mol. The Balaban J connectivity index is 1.99. The Labute approximate surface area is 141 Å². The Kier molecular flexibility index (Phi) is 3.99. The lowest BCUT2D eigenvalue weighted by Gasteiger charge is -2.18. The Morgan fingerprint density at radius 3 is 2.57 bits per heavy atom. The van der Waals surface area contributed by atoms with Crippen molar-refractivity contribution in [3.63, 3.8) is 0 Å². The zero-order valence-electron chi connectivity index (χ0n) is 11.9. The average molecular weight is 356 g/mol. The zero-order valence-corrected chi connectivity index (χ0v) is 13.4. The fraction of sp³-hybridized carbons (Fsp3) is 0.286.